The van der Waals surface area contributed by atoms with Crippen LogP contribution in [0.2, 0.25) is 0 Å². The maximum atomic E-state index is 12.1. The molecule has 0 heterocycles. The van der Waals surface area contributed by atoms with Gasteiger partial charge >= 0.3 is 0 Å². The molecule has 4 nitrogen and oxygen atoms in total. The topological polar surface area (TPSA) is 58.4 Å². The van der Waals surface area contributed by atoms with Gasteiger partial charge in [0.15, 0.2) is 0 Å². The normalized spacial score (nSPS) is 12.4. The van der Waals surface area contributed by atoms with E-state index in [4.69, 9.17) is 5.73 Å². The Morgan fingerprint density at radius 3 is 2.80 bits per heavy atom. The van der Waals surface area contributed by atoms with E-state index in [1.54, 1.807) is 6.07 Å². The second-order valence-corrected chi connectivity index (χ2v) is 5.97. The lowest BCUT2D eigenvalue weighted by Crippen LogP contribution is -2.39. The van der Waals surface area contributed by atoms with E-state index in [0.29, 0.717) is 18.3 Å². The third kappa shape index (κ3) is 5.06. The number of nitrogen functional groups attached to an aromatic ring is 1. The number of anilines is 2. The molecule has 1 unspecified atom stereocenters. The van der Waals surface area contributed by atoms with E-state index in [2.05, 4.69) is 23.4 Å². The Labute approximate surface area is 126 Å². The van der Waals surface area contributed by atoms with Crippen molar-refractivity contribution in [2.24, 2.45) is 0 Å². The molecular weight excluding hydrogens is 270 g/mol. The molecular formula is C15H25N3OS. The van der Waals surface area contributed by atoms with Gasteiger partial charge in [-0.1, -0.05) is 13.0 Å². The number of carbonyl (C=O) groups excluding carboxylic acids is 1. The van der Waals surface area contributed by atoms with Crippen LogP contribution in [0, 0.1) is 6.92 Å². The van der Waals surface area contributed by atoms with Gasteiger partial charge in [-0.3, -0.25) is 9.69 Å². The summed E-state index contributed by atoms with van der Waals surface area (Å²) in [6.07, 6.45) is 3.13. The third-order valence-corrected chi connectivity index (χ3v) is 4.10. The molecule has 3 N–H and O–H groups in total. The van der Waals surface area contributed by atoms with Crippen molar-refractivity contribution in [1.82, 2.24) is 4.90 Å². The van der Waals surface area contributed by atoms with Crippen LogP contribution in [0.15, 0.2) is 18.2 Å². The maximum absolute atomic E-state index is 12.1. The molecule has 20 heavy (non-hydrogen) atoms. The molecule has 1 aromatic rings. The average Bonchev–Trinajstić information content (AvgIpc) is 2.39. The van der Waals surface area contributed by atoms with Gasteiger partial charge in [-0.25, -0.2) is 0 Å². The number of carbonyl (C=O) groups is 1. The van der Waals surface area contributed by atoms with Gasteiger partial charge in [0.25, 0.3) is 0 Å². The quantitative estimate of drug-likeness (QED) is 0.759. The fraction of sp³-hybridized carbons (Fsp3) is 0.533. The number of nitrogens with zero attached hydrogens (tertiary/aromatic N) is 1. The lowest BCUT2D eigenvalue weighted by atomic mass is 10.2. The van der Waals surface area contributed by atoms with E-state index in [1.807, 2.05) is 37.9 Å². The zero-order chi connectivity index (χ0) is 15.1. The monoisotopic (exact) mass is 295 g/mol. The zero-order valence-electron chi connectivity index (χ0n) is 12.8. The first kappa shape index (κ1) is 16.9. The van der Waals surface area contributed by atoms with Crippen molar-refractivity contribution in [3.05, 3.63) is 23.8 Å². The Balaban J connectivity index is 2.60. The van der Waals surface area contributed by atoms with Crippen LogP contribution in [0.1, 0.15) is 18.9 Å². The van der Waals surface area contributed by atoms with Crippen LogP contribution in [-0.2, 0) is 4.79 Å². The van der Waals surface area contributed by atoms with Crippen molar-refractivity contribution in [3.8, 4) is 0 Å². The molecule has 5 heteroatoms. The van der Waals surface area contributed by atoms with E-state index >= 15 is 0 Å². The van der Waals surface area contributed by atoms with Crippen LogP contribution < -0.4 is 11.1 Å². The predicted molar refractivity (Wildman–Crippen MR) is 89.3 cm³/mol. The van der Waals surface area contributed by atoms with Gasteiger partial charge in [-0.15, -0.1) is 0 Å². The fourth-order valence-corrected chi connectivity index (χ4v) is 2.94. The minimum atomic E-state index is 0.000697. The molecule has 1 rings (SSSR count). The van der Waals surface area contributed by atoms with Gasteiger partial charge in [0.05, 0.1) is 6.54 Å². The molecule has 0 aliphatic heterocycles. The maximum Gasteiger partial charge on any atom is 0.238 e. The highest BCUT2D eigenvalue weighted by Gasteiger charge is 2.15. The van der Waals surface area contributed by atoms with Crippen LogP contribution in [0.25, 0.3) is 0 Å². The summed E-state index contributed by atoms with van der Waals surface area (Å²) in [6, 6.07) is 5.98. The highest BCUT2D eigenvalue weighted by molar-refractivity contribution is 7.98. The number of hydrogen-bond acceptors (Lipinski definition) is 4. The molecule has 0 aliphatic rings. The number of aryl methyl sites for hydroxylation is 1. The Kier molecular flexibility index (Phi) is 6.88. The smallest absolute Gasteiger partial charge is 0.238 e. The van der Waals surface area contributed by atoms with Gasteiger partial charge in [-0.05, 0) is 44.3 Å². The van der Waals surface area contributed by atoms with Gasteiger partial charge in [0.1, 0.15) is 0 Å². The van der Waals surface area contributed by atoms with E-state index in [9.17, 15) is 4.79 Å². The number of likely N-dealkylation sites (N-methyl/N-ethyl adjacent to an activating group) is 1. The minimum Gasteiger partial charge on any atom is -0.399 e. The minimum absolute atomic E-state index is 0.000697. The second-order valence-electron chi connectivity index (χ2n) is 5.06. The molecule has 0 saturated heterocycles. The van der Waals surface area contributed by atoms with Gasteiger partial charge in [0.2, 0.25) is 5.91 Å². The van der Waals surface area contributed by atoms with Crippen LogP contribution in [-0.4, -0.2) is 42.4 Å². The van der Waals surface area contributed by atoms with E-state index in [-0.39, 0.29) is 5.91 Å². The number of thioether (sulfide) groups is 1. The van der Waals surface area contributed by atoms with Crippen molar-refractivity contribution in [2.75, 3.05) is 36.7 Å². The Bertz CT molecular complexity index is 451. The Morgan fingerprint density at radius 2 is 2.20 bits per heavy atom. The average molecular weight is 295 g/mol. The SMILES string of the molecule is CCC(CSC)N(C)CC(=O)Nc1cc(N)ccc1C. The summed E-state index contributed by atoms with van der Waals surface area (Å²) >= 11 is 1.81. The van der Waals surface area contributed by atoms with Gasteiger partial charge in [-0.2, -0.15) is 11.8 Å². The van der Waals surface area contributed by atoms with Gasteiger partial charge < -0.3 is 11.1 Å². The number of benzene rings is 1. The van der Waals surface area contributed by atoms with Crippen LogP contribution >= 0.6 is 11.8 Å². The summed E-state index contributed by atoms with van der Waals surface area (Å²) in [6.45, 7) is 4.51. The first-order valence-electron chi connectivity index (χ1n) is 6.83. The first-order valence-corrected chi connectivity index (χ1v) is 8.22. The molecule has 0 saturated carbocycles. The molecule has 0 bridgehead atoms. The highest BCUT2D eigenvalue weighted by atomic mass is 32.2. The molecule has 0 aromatic heterocycles. The van der Waals surface area contributed by atoms with Crippen molar-refractivity contribution in [1.29, 1.82) is 0 Å². The molecule has 1 aromatic carbocycles. The molecule has 0 fully saturated rings. The molecule has 112 valence electrons. The van der Waals surface area contributed by atoms with Crippen molar-refractivity contribution < 1.29 is 4.79 Å². The van der Waals surface area contributed by atoms with Crippen molar-refractivity contribution in [3.63, 3.8) is 0 Å². The second kappa shape index (κ2) is 8.17. The Morgan fingerprint density at radius 1 is 1.50 bits per heavy atom. The van der Waals surface area contributed by atoms with Crippen LogP contribution in [0.4, 0.5) is 11.4 Å². The first-order chi connectivity index (χ1) is 9.47. The van der Waals surface area contributed by atoms with E-state index in [1.165, 1.54) is 0 Å². The summed E-state index contributed by atoms with van der Waals surface area (Å²) < 4.78 is 0. The standard InChI is InChI=1S/C15H25N3OS/c1-5-13(10-20-4)18(3)9-15(19)17-14-8-12(16)7-6-11(14)2/h6-8,13H,5,9-10,16H2,1-4H3,(H,17,19). The molecule has 1 atom stereocenters. The molecule has 1 amide bonds. The zero-order valence-corrected chi connectivity index (χ0v) is 13.6. The van der Waals surface area contributed by atoms with Crippen LogP contribution in [0.3, 0.4) is 0 Å². The number of nitrogens with two attached hydrogens (primary N) is 1. The largest absolute Gasteiger partial charge is 0.399 e. The van der Waals surface area contributed by atoms with Crippen molar-refractivity contribution in [2.45, 2.75) is 26.3 Å². The number of amides is 1. The summed E-state index contributed by atoms with van der Waals surface area (Å²) in [4.78, 5) is 14.2. The number of nitrogens with one attached hydrogen (secondary N) is 1. The summed E-state index contributed by atoms with van der Waals surface area (Å²) in [7, 11) is 2.00. The number of rotatable bonds is 7. The van der Waals surface area contributed by atoms with Crippen molar-refractivity contribution >= 4 is 29.0 Å². The third-order valence-electron chi connectivity index (χ3n) is 3.38. The summed E-state index contributed by atoms with van der Waals surface area (Å²) in [5, 5.41) is 2.94. The highest BCUT2D eigenvalue weighted by Crippen LogP contribution is 2.18. The summed E-state index contributed by atoms with van der Waals surface area (Å²) in [5.74, 6) is 1.04. The number of hydrogen-bond donors (Lipinski definition) is 2. The lowest BCUT2D eigenvalue weighted by molar-refractivity contribution is -0.117. The lowest BCUT2D eigenvalue weighted by Gasteiger charge is -2.26. The molecule has 0 spiro atoms. The van der Waals surface area contributed by atoms with Crippen LogP contribution in [0.5, 0.6) is 0 Å². The molecule has 0 radical (unpaired) electrons. The fourth-order valence-electron chi connectivity index (χ4n) is 2.07. The molecule has 0 aliphatic carbocycles. The van der Waals surface area contributed by atoms with Gasteiger partial charge in [0, 0.05) is 23.2 Å². The summed E-state index contributed by atoms with van der Waals surface area (Å²) in [5.41, 5.74) is 8.22. The predicted octanol–water partition coefficient (Wildman–Crippen LogP) is 2.59. The van der Waals surface area contributed by atoms with E-state index in [0.717, 1.165) is 23.4 Å². The Hall–Kier alpha value is -1.20. The van der Waals surface area contributed by atoms with E-state index < -0.39 is 0 Å².